The summed E-state index contributed by atoms with van der Waals surface area (Å²) in [5.41, 5.74) is 8.12. The molecule has 0 radical (unpaired) electrons. The van der Waals surface area contributed by atoms with E-state index < -0.39 is 11.2 Å². The molecule has 56 heavy (non-hydrogen) atoms. The fourth-order valence-electron chi connectivity index (χ4n) is 7.81. The summed E-state index contributed by atoms with van der Waals surface area (Å²) in [6.45, 7) is 13.1. The summed E-state index contributed by atoms with van der Waals surface area (Å²) >= 11 is 0. The Balaban J connectivity index is 1.50. The zero-order valence-corrected chi connectivity index (χ0v) is 34.2. The molecule has 1 heterocycles. The van der Waals surface area contributed by atoms with Gasteiger partial charge in [-0.15, -0.1) is 0 Å². The summed E-state index contributed by atoms with van der Waals surface area (Å²) in [5, 5.41) is 16.7. The van der Waals surface area contributed by atoms with Gasteiger partial charge in [0.15, 0.2) is 0 Å². The van der Waals surface area contributed by atoms with Gasteiger partial charge in [-0.05, 0) is 133 Å². The number of allylic oxidation sites excluding steroid dienone is 8. The smallest absolute Gasteiger partial charge is 0.333 e. The van der Waals surface area contributed by atoms with Crippen molar-refractivity contribution in [3.8, 4) is 5.88 Å². The Kier molecular flexibility index (Phi) is 12.7. The Labute approximate surface area is 331 Å². The fraction of sp³-hybridized carbons (Fsp3) is 0.327. The molecule has 6 rings (SSSR count). The lowest BCUT2D eigenvalue weighted by Crippen LogP contribution is -2.41. The van der Waals surface area contributed by atoms with Crippen molar-refractivity contribution in [1.82, 2.24) is 9.13 Å². The molecule has 0 fully saturated rings. The molecular weight excluding hydrogens is 693 g/mol. The average Bonchev–Trinajstić information content (AvgIpc) is 3.20. The third kappa shape index (κ3) is 8.28. The SMILES string of the molecule is CCCCn1c(O)c(C2=C(/C=C/C(C)=Nc3ccc4ccccc4c3C)CCC/C2=C\C=C(/C)N(C)c2ccc3ccccc3c2C)c(=O)n(CCCC)c1=O. The van der Waals surface area contributed by atoms with Crippen LogP contribution in [0.15, 0.2) is 129 Å². The first-order valence-electron chi connectivity index (χ1n) is 20.2. The number of aryl methyl sites for hydroxylation is 2. The lowest BCUT2D eigenvalue weighted by atomic mass is 9.83. The van der Waals surface area contributed by atoms with E-state index in [4.69, 9.17) is 4.99 Å². The number of benzene rings is 4. The van der Waals surface area contributed by atoms with E-state index in [-0.39, 0.29) is 11.4 Å². The third-order valence-corrected chi connectivity index (χ3v) is 11.2. The minimum atomic E-state index is -0.450. The first kappa shape index (κ1) is 40.0. The van der Waals surface area contributed by atoms with Gasteiger partial charge in [0.05, 0.1) is 5.69 Å². The zero-order valence-electron chi connectivity index (χ0n) is 34.2. The molecule has 290 valence electrons. The summed E-state index contributed by atoms with van der Waals surface area (Å²) < 4.78 is 2.74. The summed E-state index contributed by atoms with van der Waals surface area (Å²) in [5.74, 6) is -0.253. The summed E-state index contributed by atoms with van der Waals surface area (Å²) in [7, 11) is 2.08. The first-order chi connectivity index (χ1) is 27.0. The number of aromatic nitrogens is 2. The van der Waals surface area contributed by atoms with Crippen LogP contribution in [0, 0.1) is 13.8 Å². The number of anilines is 1. The van der Waals surface area contributed by atoms with Crippen molar-refractivity contribution in [2.24, 2.45) is 4.99 Å². The standard InChI is InChI=1S/C49H56N4O3/c1-8-10-31-52-47(54)46(48(55)53(49(52)56)32-11-9-2)45-39(25-23-33(3)50-43-29-27-37-17-12-14-21-41(37)35(43)5)19-16-20-40(45)26-24-34(4)51(7)44-30-28-38-18-13-15-22-42(38)36(44)6/h12-15,17-18,21-30,54H,8-11,16,19-20,31-32H2,1-7H3/b25-23+,34-24+,40-26+,50-33?. The maximum Gasteiger partial charge on any atom is 0.333 e. The topological polar surface area (TPSA) is 79.8 Å². The maximum atomic E-state index is 14.5. The van der Waals surface area contributed by atoms with Crippen LogP contribution in [0.5, 0.6) is 5.88 Å². The van der Waals surface area contributed by atoms with E-state index in [0.29, 0.717) is 37.9 Å². The van der Waals surface area contributed by atoms with Crippen molar-refractivity contribution >= 4 is 44.2 Å². The molecule has 0 atom stereocenters. The van der Waals surface area contributed by atoms with Gasteiger partial charge in [-0.2, -0.15) is 0 Å². The fourth-order valence-corrected chi connectivity index (χ4v) is 7.81. The second-order valence-corrected chi connectivity index (χ2v) is 15.1. The molecule has 4 aromatic carbocycles. The average molecular weight is 749 g/mol. The van der Waals surface area contributed by atoms with Gasteiger partial charge >= 0.3 is 5.69 Å². The van der Waals surface area contributed by atoms with Crippen molar-refractivity contribution in [2.75, 3.05) is 11.9 Å². The second kappa shape index (κ2) is 17.8. The van der Waals surface area contributed by atoms with Crippen LogP contribution in [-0.4, -0.2) is 27.0 Å². The number of hydrogen-bond donors (Lipinski definition) is 1. The summed E-state index contributed by atoms with van der Waals surface area (Å²) in [4.78, 5) is 35.4. The van der Waals surface area contributed by atoms with E-state index in [1.807, 2.05) is 32.1 Å². The van der Waals surface area contributed by atoms with Crippen LogP contribution in [0.2, 0.25) is 0 Å². The van der Waals surface area contributed by atoms with E-state index in [0.717, 1.165) is 65.2 Å². The van der Waals surface area contributed by atoms with Crippen LogP contribution < -0.4 is 16.1 Å². The summed E-state index contributed by atoms with van der Waals surface area (Å²) in [6.07, 6.45) is 13.6. The van der Waals surface area contributed by atoms with Gasteiger partial charge in [0.25, 0.3) is 5.56 Å². The normalized spacial score (nSPS) is 14.9. The van der Waals surface area contributed by atoms with Crippen molar-refractivity contribution in [3.63, 3.8) is 0 Å². The number of aromatic hydroxyl groups is 1. The molecule has 1 N–H and O–H groups in total. The minimum absolute atomic E-state index is 0.201. The van der Waals surface area contributed by atoms with E-state index in [1.165, 1.54) is 36.2 Å². The zero-order chi connectivity index (χ0) is 39.9. The molecule has 0 aliphatic heterocycles. The molecule has 7 nitrogen and oxygen atoms in total. The predicted molar refractivity (Wildman–Crippen MR) is 237 cm³/mol. The molecule has 0 saturated carbocycles. The Hall–Kier alpha value is -5.69. The van der Waals surface area contributed by atoms with Gasteiger partial charge in [-0.25, -0.2) is 4.79 Å². The summed E-state index contributed by atoms with van der Waals surface area (Å²) in [6, 6.07) is 25.2. The van der Waals surface area contributed by atoms with Gasteiger partial charge in [-0.3, -0.25) is 18.9 Å². The molecule has 1 aromatic heterocycles. The Morgan fingerprint density at radius 3 is 2.12 bits per heavy atom. The Bertz CT molecular complexity index is 2540. The molecule has 7 heteroatoms. The molecule has 5 aromatic rings. The first-order valence-corrected chi connectivity index (χ1v) is 20.2. The van der Waals surface area contributed by atoms with E-state index >= 15 is 0 Å². The van der Waals surface area contributed by atoms with Crippen LogP contribution in [0.1, 0.15) is 89.3 Å². The lowest BCUT2D eigenvalue weighted by Gasteiger charge is -2.25. The Morgan fingerprint density at radius 2 is 1.45 bits per heavy atom. The minimum Gasteiger partial charge on any atom is -0.494 e. The number of hydrogen-bond acceptors (Lipinski definition) is 5. The van der Waals surface area contributed by atoms with E-state index in [2.05, 4.69) is 119 Å². The lowest BCUT2D eigenvalue weighted by molar-refractivity contribution is 0.380. The van der Waals surface area contributed by atoms with Crippen molar-refractivity contribution in [3.05, 3.63) is 151 Å². The predicted octanol–water partition coefficient (Wildman–Crippen LogP) is 11.5. The number of nitrogens with zero attached hydrogens (tertiary/aromatic N) is 4. The van der Waals surface area contributed by atoms with Gasteiger partial charge in [-0.1, -0.05) is 99.5 Å². The number of aliphatic imine (C=N–C) groups is 1. The molecular formula is C49H56N4O3. The van der Waals surface area contributed by atoms with Crippen molar-refractivity contribution in [2.45, 2.75) is 99.6 Å². The van der Waals surface area contributed by atoms with Gasteiger partial charge in [0, 0.05) is 37.2 Å². The van der Waals surface area contributed by atoms with Crippen molar-refractivity contribution < 1.29 is 5.11 Å². The van der Waals surface area contributed by atoms with E-state index in [9.17, 15) is 14.7 Å². The highest BCUT2D eigenvalue weighted by Crippen LogP contribution is 2.40. The van der Waals surface area contributed by atoms with Crippen LogP contribution in [-0.2, 0) is 13.1 Å². The monoisotopic (exact) mass is 748 g/mol. The maximum absolute atomic E-state index is 14.5. The second-order valence-electron chi connectivity index (χ2n) is 15.1. The molecule has 0 spiro atoms. The Morgan fingerprint density at radius 1 is 0.821 bits per heavy atom. The number of fused-ring (bicyclic) bond motifs is 2. The van der Waals surface area contributed by atoms with Gasteiger partial charge in [0.2, 0.25) is 5.88 Å². The molecule has 0 amide bonds. The largest absolute Gasteiger partial charge is 0.494 e. The van der Waals surface area contributed by atoms with E-state index in [1.54, 1.807) is 0 Å². The van der Waals surface area contributed by atoms with Gasteiger partial charge < -0.3 is 10.0 Å². The third-order valence-electron chi connectivity index (χ3n) is 11.2. The molecule has 0 bridgehead atoms. The highest BCUT2D eigenvalue weighted by Gasteiger charge is 2.27. The molecule has 0 unspecified atom stereocenters. The molecule has 1 aliphatic rings. The van der Waals surface area contributed by atoms with Crippen LogP contribution >= 0.6 is 0 Å². The highest BCUT2D eigenvalue weighted by atomic mass is 16.3. The molecule has 1 aliphatic carbocycles. The van der Waals surface area contributed by atoms with Crippen LogP contribution in [0.3, 0.4) is 0 Å². The number of rotatable bonds is 13. The van der Waals surface area contributed by atoms with Gasteiger partial charge in [0.1, 0.15) is 5.56 Å². The highest BCUT2D eigenvalue weighted by molar-refractivity contribution is 5.98. The molecule has 0 saturated heterocycles. The van der Waals surface area contributed by atoms with Crippen LogP contribution in [0.4, 0.5) is 11.4 Å². The van der Waals surface area contributed by atoms with Crippen molar-refractivity contribution in [1.29, 1.82) is 0 Å². The quantitative estimate of drug-likeness (QED) is 0.122. The van der Waals surface area contributed by atoms with Crippen LogP contribution in [0.25, 0.3) is 27.1 Å². The number of unbranched alkanes of at least 4 members (excludes halogenated alkanes) is 2.